The molecule has 0 N–H and O–H groups in total. The third-order valence-corrected chi connectivity index (χ3v) is 2.27. The van der Waals surface area contributed by atoms with E-state index in [1.807, 2.05) is 0 Å². The van der Waals surface area contributed by atoms with Crippen LogP contribution in [0.3, 0.4) is 0 Å². The van der Waals surface area contributed by atoms with Gasteiger partial charge in [0.2, 0.25) is 0 Å². The zero-order valence-corrected chi connectivity index (χ0v) is 4.74. The molecule has 3 heterocycles. The molecule has 2 bridgehead atoms. The van der Waals surface area contributed by atoms with E-state index < -0.39 is 0 Å². The summed E-state index contributed by atoms with van der Waals surface area (Å²) in [5, 5.41) is 0. The SMILES string of the molecule is O=C1CC2OC1C1OC21. The highest BCUT2D eigenvalue weighted by atomic mass is 16.7. The molecule has 9 heavy (non-hydrogen) atoms. The Balaban J connectivity index is 2.04. The highest BCUT2D eigenvalue weighted by molar-refractivity contribution is 5.88. The summed E-state index contributed by atoms with van der Waals surface area (Å²) in [6.07, 6.45) is 0.961. The van der Waals surface area contributed by atoms with Gasteiger partial charge in [-0.15, -0.1) is 0 Å². The van der Waals surface area contributed by atoms with Gasteiger partial charge in [-0.05, 0) is 0 Å². The molecule has 4 atom stereocenters. The van der Waals surface area contributed by atoms with Gasteiger partial charge in [-0.1, -0.05) is 0 Å². The fraction of sp³-hybridized carbons (Fsp3) is 0.833. The molecule has 3 heteroatoms. The maximum atomic E-state index is 10.9. The van der Waals surface area contributed by atoms with Crippen molar-refractivity contribution in [3.8, 4) is 0 Å². The van der Waals surface area contributed by atoms with Crippen LogP contribution >= 0.6 is 0 Å². The number of rotatable bonds is 0. The summed E-state index contributed by atoms with van der Waals surface area (Å²) in [5.74, 6) is 0.235. The summed E-state index contributed by atoms with van der Waals surface area (Å²) in [5.41, 5.74) is 0. The topological polar surface area (TPSA) is 38.8 Å². The first-order chi connectivity index (χ1) is 4.36. The summed E-state index contributed by atoms with van der Waals surface area (Å²) < 4.78 is 10.4. The van der Waals surface area contributed by atoms with Crippen molar-refractivity contribution >= 4 is 5.78 Å². The minimum atomic E-state index is -0.181. The van der Waals surface area contributed by atoms with Crippen molar-refractivity contribution in [2.45, 2.75) is 30.8 Å². The second-order valence-corrected chi connectivity index (χ2v) is 2.83. The Labute approximate surface area is 51.9 Å². The van der Waals surface area contributed by atoms with Crippen LogP contribution in [-0.2, 0) is 14.3 Å². The number of hydrogen-bond donors (Lipinski definition) is 0. The largest absolute Gasteiger partial charge is 0.363 e. The van der Waals surface area contributed by atoms with E-state index in [1.54, 1.807) is 0 Å². The smallest absolute Gasteiger partial charge is 0.167 e. The molecule has 3 fully saturated rings. The van der Waals surface area contributed by atoms with Crippen LogP contribution in [0.25, 0.3) is 0 Å². The zero-order valence-electron chi connectivity index (χ0n) is 4.74. The molecule has 0 aromatic heterocycles. The fourth-order valence-corrected chi connectivity index (χ4v) is 1.76. The second-order valence-electron chi connectivity index (χ2n) is 2.83. The number of carbonyl (C=O) groups is 1. The number of carbonyl (C=O) groups excluding carboxylic acids is 1. The van der Waals surface area contributed by atoms with Gasteiger partial charge in [0.15, 0.2) is 5.78 Å². The first kappa shape index (κ1) is 4.41. The van der Waals surface area contributed by atoms with E-state index in [4.69, 9.17) is 9.47 Å². The van der Waals surface area contributed by atoms with E-state index in [2.05, 4.69) is 0 Å². The van der Waals surface area contributed by atoms with Gasteiger partial charge >= 0.3 is 0 Å². The highest BCUT2D eigenvalue weighted by Crippen LogP contribution is 2.46. The molecule has 48 valence electrons. The molecule has 4 unspecified atom stereocenters. The Kier molecular flexibility index (Phi) is 0.522. The Hall–Kier alpha value is -0.410. The average molecular weight is 126 g/mol. The molecule has 3 aliphatic heterocycles. The lowest BCUT2D eigenvalue weighted by Gasteiger charge is -1.99. The quantitative estimate of drug-likeness (QED) is 0.410. The molecule has 3 saturated heterocycles. The predicted molar refractivity (Wildman–Crippen MR) is 26.9 cm³/mol. The van der Waals surface area contributed by atoms with E-state index in [0.717, 1.165) is 0 Å². The summed E-state index contributed by atoms with van der Waals surface area (Å²) in [7, 11) is 0. The maximum Gasteiger partial charge on any atom is 0.167 e. The highest BCUT2D eigenvalue weighted by Gasteiger charge is 2.65. The van der Waals surface area contributed by atoms with Gasteiger partial charge in [0, 0.05) is 6.42 Å². The lowest BCUT2D eigenvalue weighted by atomic mass is 10.00. The van der Waals surface area contributed by atoms with Crippen molar-refractivity contribution < 1.29 is 14.3 Å². The van der Waals surface area contributed by atoms with Crippen molar-refractivity contribution in [3.05, 3.63) is 0 Å². The Morgan fingerprint density at radius 1 is 1.33 bits per heavy atom. The molecular formula is C6H6O3. The molecule has 3 nitrogen and oxygen atoms in total. The maximum absolute atomic E-state index is 10.9. The number of epoxide rings is 1. The van der Waals surface area contributed by atoms with E-state index in [1.165, 1.54) is 0 Å². The Morgan fingerprint density at radius 3 is 2.78 bits per heavy atom. The van der Waals surface area contributed by atoms with Gasteiger partial charge in [-0.3, -0.25) is 4.79 Å². The number of fused-ring (bicyclic) bond motifs is 5. The molecule has 0 amide bonds. The fourth-order valence-electron chi connectivity index (χ4n) is 1.76. The monoisotopic (exact) mass is 126 g/mol. The van der Waals surface area contributed by atoms with Gasteiger partial charge in [0.1, 0.15) is 18.3 Å². The molecule has 0 aromatic carbocycles. The summed E-state index contributed by atoms with van der Waals surface area (Å²) in [4.78, 5) is 10.9. The summed E-state index contributed by atoms with van der Waals surface area (Å²) in [6.45, 7) is 0. The van der Waals surface area contributed by atoms with E-state index in [9.17, 15) is 4.79 Å². The first-order valence-corrected chi connectivity index (χ1v) is 3.20. The van der Waals surface area contributed by atoms with E-state index in [0.29, 0.717) is 6.42 Å². The van der Waals surface area contributed by atoms with Crippen molar-refractivity contribution in [1.29, 1.82) is 0 Å². The molecule has 0 aliphatic carbocycles. The van der Waals surface area contributed by atoms with Crippen LogP contribution in [0.5, 0.6) is 0 Å². The van der Waals surface area contributed by atoms with Gasteiger partial charge in [-0.2, -0.15) is 0 Å². The van der Waals surface area contributed by atoms with Crippen molar-refractivity contribution in [3.63, 3.8) is 0 Å². The molecule has 0 radical (unpaired) electrons. The standard InChI is InChI=1S/C6H6O3/c7-2-1-3-5-6(9-5)4(2)8-3/h3-6H,1H2. The van der Waals surface area contributed by atoms with Gasteiger partial charge < -0.3 is 9.47 Å². The molecular weight excluding hydrogens is 120 g/mol. The summed E-state index contributed by atoms with van der Waals surface area (Å²) >= 11 is 0. The lowest BCUT2D eigenvalue weighted by molar-refractivity contribution is -0.123. The molecule has 0 aromatic rings. The van der Waals surface area contributed by atoms with E-state index >= 15 is 0 Å². The second kappa shape index (κ2) is 1.07. The van der Waals surface area contributed by atoms with Crippen molar-refractivity contribution in [2.24, 2.45) is 0 Å². The Morgan fingerprint density at radius 2 is 2.22 bits per heavy atom. The molecule has 0 saturated carbocycles. The molecule has 3 rings (SSSR count). The van der Waals surface area contributed by atoms with Crippen LogP contribution in [0, 0.1) is 0 Å². The van der Waals surface area contributed by atoms with Crippen LogP contribution in [0.4, 0.5) is 0 Å². The normalized spacial score (nSPS) is 60.2. The van der Waals surface area contributed by atoms with Gasteiger partial charge in [0.25, 0.3) is 0 Å². The number of Topliss-reactive ketones (excluding diaryl/α,β-unsaturated/α-hetero) is 1. The van der Waals surface area contributed by atoms with Crippen LogP contribution in [0.15, 0.2) is 0 Å². The lowest BCUT2D eigenvalue weighted by Crippen LogP contribution is -2.22. The first-order valence-electron chi connectivity index (χ1n) is 3.20. The van der Waals surface area contributed by atoms with Gasteiger partial charge in [0.05, 0.1) is 6.10 Å². The Bertz CT molecular complexity index is 189. The zero-order chi connectivity index (χ0) is 6.01. The summed E-state index contributed by atoms with van der Waals surface area (Å²) in [6, 6.07) is 0. The third kappa shape index (κ3) is 0.362. The number of ketones is 1. The number of hydrogen-bond acceptors (Lipinski definition) is 3. The van der Waals surface area contributed by atoms with Gasteiger partial charge in [-0.25, -0.2) is 0 Å². The van der Waals surface area contributed by atoms with Crippen LogP contribution in [0.1, 0.15) is 6.42 Å². The van der Waals surface area contributed by atoms with Crippen LogP contribution in [0.2, 0.25) is 0 Å². The molecule has 3 aliphatic rings. The minimum absolute atomic E-state index is 0.118. The van der Waals surface area contributed by atoms with Crippen molar-refractivity contribution in [2.75, 3.05) is 0 Å². The van der Waals surface area contributed by atoms with Crippen molar-refractivity contribution in [1.82, 2.24) is 0 Å². The molecule has 0 spiro atoms. The van der Waals surface area contributed by atoms with Crippen LogP contribution < -0.4 is 0 Å². The third-order valence-electron chi connectivity index (χ3n) is 2.27. The van der Waals surface area contributed by atoms with Crippen LogP contribution in [-0.4, -0.2) is 30.2 Å². The predicted octanol–water partition coefficient (Wildman–Crippen LogP) is -0.506. The average Bonchev–Trinajstić information content (AvgIpc) is 2.46. The number of ether oxygens (including phenoxy) is 2. The minimum Gasteiger partial charge on any atom is -0.363 e. The van der Waals surface area contributed by atoms with E-state index in [-0.39, 0.29) is 30.2 Å².